The second-order valence-electron chi connectivity index (χ2n) is 14.7. The molecule has 2 nitrogen and oxygen atoms in total. The van der Waals surface area contributed by atoms with Crippen LogP contribution in [0.2, 0.25) is 0 Å². The lowest BCUT2D eigenvalue weighted by Crippen LogP contribution is -2.14. The lowest BCUT2D eigenvalue weighted by atomic mass is 9.81. The highest BCUT2D eigenvalue weighted by atomic mass is 14.9. The SMILES string of the molecule is CC1(C)c2ccccc2-c2cc3ccc4cc(-c5cc(-c6cc(-c7ccccc7)cc(-c7ccccc7)c6)nc(-c6ccccc6)n5)ccc4c3cc21. The van der Waals surface area contributed by atoms with Crippen LogP contribution in [0, 0.1) is 0 Å². The first-order chi connectivity index (χ1) is 26.0. The highest BCUT2D eigenvalue weighted by molar-refractivity contribution is 6.10. The second-order valence-corrected chi connectivity index (χ2v) is 14.7. The summed E-state index contributed by atoms with van der Waals surface area (Å²) >= 11 is 0. The van der Waals surface area contributed by atoms with Crippen LogP contribution in [-0.4, -0.2) is 9.97 Å². The monoisotopic (exact) mass is 676 g/mol. The fraction of sp³-hybridized carbons (Fsp3) is 0.0588. The van der Waals surface area contributed by atoms with E-state index in [4.69, 9.17) is 9.97 Å². The number of benzene rings is 8. The number of rotatable bonds is 5. The predicted octanol–water partition coefficient (Wildman–Crippen LogP) is 13.4. The van der Waals surface area contributed by atoms with Crippen molar-refractivity contribution in [3.05, 3.63) is 193 Å². The van der Waals surface area contributed by atoms with Crippen molar-refractivity contribution in [1.29, 1.82) is 0 Å². The summed E-state index contributed by atoms with van der Waals surface area (Å²) in [6.45, 7) is 4.70. The Morgan fingerprint density at radius 2 is 0.887 bits per heavy atom. The lowest BCUT2D eigenvalue weighted by molar-refractivity contribution is 0.661. The van der Waals surface area contributed by atoms with Crippen LogP contribution in [0.25, 0.3) is 88.8 Å². The van der Waals surface area contributed by atoms with E-state index in [-0.39, 0.29) is 5.41 Å². The Morgan fingerprint density at radius 3 is 1.55 bits per heavy atom. The first kappa shape index (κ1) is 31.1. The third kappa shape index (κ3) is 5.34. The van der Waals surface area contributed by atoms with Gasteiger partial charge in [0, 0.05) is 22.1 Å². The highest BCUT2D eigenvalue weighted by Gasteiger charge is 2.35. The molecule has 0 radical (unpaired) electrons. The molecule has 1 heterocycles. The zero-order chi connectivity index (χ0) is 35.5. The lowest BCUT2D eigenvalue weighted by Gasteiger charge is -2.22. The highest BCUT2D eigenvalue weighted by Crippen LogP contribution is 2.50. The van der Waals surface area contributed by atoms with E-state index in [0.29, 0.717) is 5.82 Å². The summed E-state index contributed by atoms with van der Waals surface area (Å²) in [6.07, 6.45) is 0. The molecule has 0 saturated carbocycles. The van der Waals surface area contributed by atoms with E-state index in [1.54, 1.807) is 0 Å². The van der Waals surface area contributed by atoms with Crippen LogP contribution in [-0.2, 0) is 5.41 Å². The number of nitrogens with zero attached hydrogens (tertiary/aromatic N) is 2. The summed E-state index contributed by atoms with van der Waals surface area (Å²) in [4.78, 5) is 10.4. The molecule has 0 N–H and O–H groups in total. The molecule has 2 heteroatoms. The molecule has 0 aliphatic heterocycles. The van der Waals surface area contributed by atoms with Crippen LogP contribution in [0.5, 0.6) is 0 Å². The van der Waals surface area contributed by atoms with Crippen molar-refractivity contribution in [1.82, 2.24) is 9.97 Å². The van der Waals surface area contributed by atoms with Gasteiger partial charge in [-0.1, -0.05) is 153 Å². The summed E-state index contributed by atoms with van der Waals surface area (Å²) in [7, 11) is 0. The van der Waals surface area contributed by atoms with Crippen molar-refractivity contribution in [2.45, 2.75) is 19.3 Å². The van der Waals surface area contributed by atoms with Gasteiger partial charge in [-0.15, -0.1) is 0 Å². The van der Waals surface area contributed by atoms with E-state index in [2.05, 4.69) is 178 Å². The molecule has 1 aliphatic rings. The quantitative estimate of drug-likeness (QED) is 0.170. The van der Waals surface area contributed by atoms with E-state index in [1.807, 2.05) is 18.2 Å². The summed E-state index contributed by atoms with van der Waals surface area (Å²) in [5.74, 6) is 0.709. The molecule has 0 fully saturated rings. The average Bonchev–Trinajstić information content (AvgIpc) is 3.45. The number of aromatic nitrogens is 2. The first-order valence-corrected chi connectivity index (χ1v) is 18.3. The van der Waals surface area contributed by atoms with Gasteiger partial charge >= 0.3 is 0 Å². The first-order valence-electron chi connectivity index (χ1n) is 18.3. The van der Waals surface area contributed by atoms with E-state index >= 15 is 0 Å². The third-order valence-corrected chi connectivity index (χ3v) is 11.0. The molecule has 9 aromatic rings. The van der Waals surface area contributed by atoms with Crippen molar-refractivity contribution in [3.63, 3.8) is 0 Å². The topological polar surface area (TPSA) is 25.8 Å². The van der Waals surface area contributed by atoms with Crippen LogP contribution in [0.3, 0.4) is 0 Å². The van der Waals surface area contributed by atoms with Crippen LogP contribution >= 0.6 is 0 Å². The number of hydrogen-bond acceptors (Lipinski definition) is 2. The maximum Gasteiger partial charge on any atom is 0.160 e. The molecule has 0 spiro atoms. The Balaban J connectivity index is 1.14. The fourth-order valence-electron chi connectivity index (χ4n) is 8.25. The molecule has 1 aromatic heterocycles. The van der Waals surface area contributed by atoms with Gasteiger partial charge in [-0.05, 0) is 109 Å². The summed E-state index contributed by atoms with van der Waals surface area (Å²) in [5.41, 5.74) is 15.0. The number of hydrogen-bond donors (Lipinski definition) is 0. The predicted molar refractivity (Wildman–Crippen MR) is 222 cm³/mol. The van der Waals surface area contributed by atoms with Gasteiger partial charge in [-0.3, -0.25) is 0 Å². The molecular weight excluding hydrogens is 641 g/mol. The third-order valence-electron chi connectivity index (χ3n) is 11.0. The van der Waals surface area contributed by atoms with Crippen LogP contribution < -0.4 is 0 Å². The van der Waals surface area contributed by atoms with Crippen LogP contribution in [0.1, 0.15) is 25.0 Å². The van der Waals surface area contributed by atoms with E-state index in [0.717, 1.165) is 39.2 Å². The molecule has 250 valence electrons. The van der Waals surface area contributed by atoms with Gasteiger partial charge in [-0.2, -0.15) is 0 Å². The maximum absolute atomic E-state index is 5.23. The fourth-order valence-corrected chi connectivity index (χ4v) is 8.25. The van der Waals surface area contributed by atoms with Gasteiger partial charge in [-0.25, -0.2) is 9.97 Å². The minimum absolute atomic E-state index is 0.0500. The Morgan fingerprint density at radius 1 is 0.340 bits per heavy atom. The van der Waals surface area contributed by atoms with Crippen LogP contribution in [0.4, 0.5) is 0 Å². The standard InChI is InChI=1S/C51H36N2/c1-51(2)46-21-13-12-20-43(46)45-30-37-23-22-36-26-38(24-25-42(36)44(37)31-47(45)51)48-32-49(53-50(52-48)35-18-10-5-11-19-35)41-28-39(33-14-6-3-7-15-33)27-40(29-41)34-16-8-4-9-17-34/h3-32H,1-2H3. The molecule has 0 saturated heterocycles. The van der Waals surface area contributed by atoms with Crippen molar-refractivity contribution in [2.24, 2.45) is 0 Å². The zero-order valence-electron chi connectivity index (χ0n) is 29.7. The molecule has 1 aliphatic carbocycles. The van der Waals surface area contributed by atoms with Crippen molar-refractivity contribution in [2.75, 3.05) is 0 Å². The van der Waals surface area contributed by atoms with E-state index in [9.17, 15) is 0 Å². The molecule has 0 unspecified atom stereocenters. The van der Waals surface area contributed by atoms with Crippen LogP contribution in [0.15, 0.2) is 182 Å². The smallest absolute Gasteiger partial charge is 0.160 e. The van der Waals surface area contributed by atoms with Crippen molar-refractivity contribution >= 4 is 21.5 Å². The summed E-state index contributed by atoms with van der Waals surface area (Å²) in [6, 6.07) is 65.4. The molecule has 10 rings (SSSR count). The average molecular weight is 677 g/mol. The van der Waals surface area contributed by atoms with Crippen molar-refractivity contribution < 1.29 is 0 Å². The Bertz CT molecular complexity index is 2780. The normalized spacial score (nSPS) is 12.9. The van der Waals surface area contributed by atoms with Gasteiger partial charge in [0.1, 0.15) is 0 Å². The zero-order valence-corrected chi connectivity index (χ0v) is 29.7. The molecule has 0 amide bonds. The van der Waals surface area contributed by atoms with Gasteiger partial charge in [0.05, 0.1) is 11.4 Å². The van der Waals surface area contributed by atoms with Gasteiger partial charge in [0.25, 0.3) is 0 Å². The minimum Gasteiger partial charge on any atom is -0.228 e. The molecule has 53 heavy (non-hydrogen) atoms. The molecular formula is C51H36N2. The van der Waals surface area contributed by atoms with Gasteiger partial charge < -0.3 is 0 Å². The molecule has 0 atom stereocenters. The van der Waals surface area contributed by atoms with Gasteiger partial charge in [0.15, 0.2) is 5.82 Å². The maximum atomic E-state index is 5.23. The Hall–Kier alpha value is -6.64. The summed E-state index contributed by atoms with van der Waals surface area (Å²) in [5, 5.41) is 5.00. The number of fused-ring (bicyclic) bond motifs is 6. The van der Waals surface area contributed by atoms with Crippen molar-refractivity contribution in [3.8, 4) is 67.3 Å². The van der Waals surface area contributed by atoms with E-state index < -0.39 is 0 Å². The Labute approximate surface area is 310 Å². The van der Waals surface area contributed by atoms with E-state index in [1.165, 1.54) is 54.9 Å². The molecule has 0 bridgehead atoms. The molecule has 8 aromatic carbocycles. The van der Waals surface area contributed by atoms with Gasteiger partial charge in [0.2, 0.25) is 0 Å². The second kappa shape index (κ2) is 12.3. The Kier molecular flexibility index (Phi) is 7.19. The summed E-state index contributed by atoms with van der Waals surface area (Å²) < 4.78 is 0. The largest absolute Gasteiger partial charge is 0.228 e. The minimum atomic E-state index is -0.0500.